The Morgan fingerprint density at radius 3 is 1.06 bits per heavy atom. The molecule has 0 aliphatic heterocycles. The highest BCUT2D eigenvalue weighted by atomic mass is 16.5. The van der Waals surface area contributed by atoms with Crippen LogP contribution in [0.2, 0.25) is 0 Å². The van der Waals surface area contributed by atoms with Crippen LogP contribution in [0.3, 0.4) is 0 Å². The second-order valence-corrected chi connectivity index (χ2v) is 3.85. The summed E-state index contributed by atoms with van der Waals surface area (Å²) in [4.78, 5) is 2.38. The van der Waals surface area contributed by atoms with Crippen LogP contribution in [0.15, 0.2) is 0 Å². The Morgan fingerprint density at radius 1 is 0.812 bits per heavy atom. The van der Waals surface area contributed by atoms with Crippen LogP contribution in [0.1, 0.15) is 48.5 Å². The van der Waals surface area contributed by atoms with Gasteiger partial charge in [-0.05, 0) is 47.3 Å². The number of ether oxygens (including phenoxy) is 1. The molecule has 0 amide bonds. The molecule has 1 N–H and O–H groups in total. The topological polar surface area (TPSA) is 32.7 Å². The van der Waals surface area contributed by atoms with E-state index in [1.54, 1.807) is 0 Å². The van der Waals surface area contributed by atoms with Crippen molar-refractivity contribution in [2.75, 3.05) is 26.7 Å². The quantitative estimate of drug-likeness (QED) is 0.795. The summed E-state index contributed by atoms with van der Waals surface area (Å²) in [5, 5.41) is 7.00. The van der Waals surface area contributed by atoms with Crippen LogP contribution in [0.5, 0.6) is 0 Å². The van der Waals surface area contributed by atoms with Crippen molar-refractivity contribution in [2.45, 2.75) is 60.7 Å². The molecule has 0 aliphatic carbocycles. The molecule has 0 fully saturated rings. The van der Waals surface area contributed by atoms with Gasteiger partial charge in [-0.1, -0.05) is 20.8 Å². The molecule has 0 saturated heterocycles. The van der Waals surface area contributed by atoms with Crippen LogP contribution in [-0.4, -0.2) is 49.0 Å². The summed E-state index contributed by atoms with van der Waals surface area (Å²) < 4.78 is 5.25. The van der Waals surface area contributed by atoms with Gasteiger partial charge in [-0.25, -0.2) is 0 Å². The van der Waals surface area contributed by atoms with Crippen molar-refractivity contribution in [2.24, 2.45) is 0 Å². The molecule has 0 aromatic rings. The van der Waals surface area contributed by atoms with Gasteiger partial charge in [0.15, 0.2) is 0 Å². The van der Waals surface area contributed by atoms with Crippen LogP contribution >= 0.6 is 0 Å². The first-order valence-electron chi connectivity index (χ1n) is 6.30. The lowest BCUT2D eigenvalue weighted by molar-refractivity contribution is 0.0300. The molecule has 0 bridgehead atoms. The molecular weight excluding hydrogens is 202 g/mol. The maximum absolute atomic E-state index is 7.00. The van der Waals surface area contributed by atoms with E-state index < -0.39 is 0 Å². The minimum Gasteiger partial charge on any atom is -0.400 e. The van der Waals surface area contributed by atoms with E-state index >= 15 is 0 Å². The van der Waals surface area contributed by atoms with Crippen molar-refractivity contribution in [3.63, 3.8) is 0 Å². The lowest BCUT2D eigenvalue weighted by Gasteiger charge is -2.13. The minimum absolute atomic E-state index is 0.375. The highest BCUT2D eigenvalue weighted by Crippen LogP contribution is 1.93. The number of hydrogen-bond donors (Lipinski definition) is 1. The van der Waals surface area contributed by atoms with Gasteiger partial charge in [0, 0.05) is 7.11 Å². The molecule has 0 aliphatic rings. The van der Waals surface area contributed by atoms with E-state index in [-0.39, 0.29) is 0 Å². The fourth-order valence-corrected chi connectivity index (χ4v) is 1.22. The normalized spacial score (nSPS) is 9.75. The first kappa shape index (κ1) is 21.2. The molecule has 0 aromatic heterocycles. The van der Waals surface area contributed by atoms with Crippen LogP contribution in [-0.2, 0) is 4.74 Å². The Hall–Kier alpha value is -0.120. The van der Waals surface area contributed by atoms with E-state index in [1.807, 2.05) is 27.7 Å². The van der Waals surface area contributed by atoms with Crippen molar-refractivity contribution >= 4 is 0 Å². The third kappa shape index (κ3) is 23.6. The largest absolute Gasteiger partial charge is 0.400 e. The average Bonchev–Trinajstić information content (AvgIpc) is 2.22. The maximum Gasteiger partial charge on any atom is 0.0522 e. The first-order chi connectivity index (χ1) is 7.47. The zero-order chi connectivity index (χ0) is 13.6. The van der Waals surface area contributed by atoms with Crippen molar-refractivity contribution in [1.29, 1.82) is 0 Å². The Labute approximate surface area is 103 Å². The molecule has 0 atom stereocenters. The summed E-state index contributed by atoms with van der Waals surface area (Å²) in [7, 11) is 1.00. The van der Waals surface area contributed by atoms with Crippen LogP contribution in [0.25, 0.3) is 0 Å². The van der Waals surface area contributed by atoms with Crippen molar-refractivity contribution < 1.29 is 9.84 Å². The number of hydrogen-bond acceptors (Lipinski definition) is 3. The van der Waals surface area contributed by atoms with Gasteiger partial charge in [-0.2, -0.15) is 0 Å². The Balaban J connectivity index is -0.000000183. The smallest absolute Gasteiger partial charge is 0.0522 e. The standard InChI is InChI=1S/C6H15N.C6H14O.CH4O/c1-4-7(5-2)6-3;1-5(2)7-6(3)4;1-2/h4-6H2,1-3H3;5-6H,1-4H3;2H,1H3. The van der Waals surface area contributed by atoms with Gasteiger partial charge >= 0.3 is 0 Å². The average molecular weight is 235 g/mol. The predicted molar refractivity (Wildman–Crippen MR) is 73.0 cm³/mol. The van der Waals surface area contributed by atoms with Crippen molar-refractivity contribution in [3.05, 3.63) is 0 Å². The van der Waals surface area contributed by atoms with E-state index in [4.69, 9.17) is 9.84 Å². The fourth-order valence-electron chi connectivity index (χ4n) is 1.22. The zero-order valence-electron chi connectivity index (χ0n) is 12.6. The Morgan fingerprint density at radius 2 is 1.06 bits per heavy atom. The van der Waals surface area contributed by atoms with Gasteiger partial charge < -0.3 is 14.7 Å². The first-order valence-corrected chi connectivity index (χ1v) is 6.30. The summed E-state index contributed by atoms with van der Waals surface area (Å²) in [5.74, 6) is 0. The monoisotopic (exact) mass is 235 g/mol. The summed E-state index contributed by atoms with van der Waals surface area (Å²) in [6.45, 7) is 18.3. The lowest BCUT2D eigenvalue weighted by atomic mass is 10.4. The molecule has 3 nitrogen and oxygen atoms in total. The van der Waals surface area contributed by atoms with Crippen LogP contribution in [0.4, 0.5) is 0 Å². The van der Waals surface area contributed by atoms with Gasteiger partial charge in [0.1, 0.15) is 0 Å². The molecule has 16 heavy (non-hydrogen) atoms. The lowest BCUT2D eigenvalue weighted by Crippen LogP contribution is -2.21. The predicted octanol–water partition coefficient (Wildman–Crippen LogP) is 2.78. The molecule has 0 unspecified atom stereocenters. The molecule has 0 rings (SSSR count). The van der Waals surface area contributed by atoms with E-state index in [0.29, 0.717) is 12.2 Å². The number of aliphatic hydroxyl groups excluding tert-OH is 1. The number of nitrogens with zero attached hydrogens (tertiary/aromatic N) is 1. The second-order valence-electron chi connectivity index (χ2n) is 3.85. The number of aliphatic hydroxyl groups is 1. The molecule has 0 saturated carbocycles. The van der Waals surface area contributed by atoms with E-state index in [0.717, 1.165) is 7.11 Å². The molecule has 0 radical (unpaired) electrons. The van der Waals surface area contributed by atoms with Crippen LogP contribution in [0, 0.1) is 0 Å². The third-order valence-electron chi connectivity index (χ3n) is 1.89. The summed E-state index contributed by atoms with van der Waals surface area (Å²) in [6, 6.07) is 0. The number of rotatable bonds is 5. The zero-order valence-corrected chi connectivity index (χ0v) is 12.6. The molecular formula is C13H33NO2. The van der Waals surface area contributed by atoms with Gasteiger partial charge in [0.25, 0.3) is 0 Å². The molecule has 0 heterocycles. The van der Waals surface area contributed by atoms with Crippen LogP contribution < -0.4 is 0 Å². The Bertz CT molecular complexity index is 90.6. The fraction of sp³-hybridized carbons (Fsp3) is 1.00. The molecule has 0 aromatic carbocycles. The van der Waals surface area contributed by atoms with E-state index in [9.17, 15) is 0 Å². The molecule has 3 heteroatoms. The highest BCUT2D eigenvalue weighted by molar-refractivity contribution is 4.43. The third-order valence-corrected chi connectivity index (χ3v) is 1.89. The SMILES string of the molecule is CC(C)OC(C)C.CCN(CC)CC.CO. The Kier molecular flexibility index (Phi) is 22.9. The summed E-state index contributed by atoms with van der Waals surface area (Å²) in [5.41, 5.74) is 0. The van der Waals surface area contributed by atoms with E-state index in [1.165, 1.54) is 19.6 Å². The highest BCUT2D eigenvalue weighted by Gasteiger charge is 1.94. The minimum atomic E-state index is 0.375. The summed E-state index contributed by atoms with van der Waals surface area (Å²) in [6.07, 6.45) is 0.750. The maximum atomic E-state index is 7.00. The van der Waals surface area contributed by atoms with E-state index in [2.05, 4.69) is 25.7 Å². The summed E-state index contributed by atoms with van der Waals surface area (Å²) >= 11 is 0. The van der Waals surface area contributed by atoms with Gasteiger partial charge in [-0.15, -0.1) is 0 Å². The van der Waals surface area contributed by atoms with Gasteiger partial charge in [-0.3, -0.25) is 0 Å². The van der Waals surface area contributed by atoms with Crippen molar-refractivity contribution in [1.82, 2.24) is 4.90 Å². The van der Waals surface area contributed by atoms with Crippen molar-refractivity contribution in [3.8, 4) is 0 Å². The van der Waals surface area contributed by atoms with Gasteiger partial charge in [0.05, 0.1) is 12.2 Å². The molecule has 0 spiro atoms. The molecule has 102 valence electrons. The van der Waals surface area contributed by atoms with Gasteiger partial charge in [0.2, 0.25) is 0 Å². The second kappa shape index (κ2) is 17.3.